The fraction of sp³-hybridized carbons (Fsp3) is 0.538. The third kappa shape index (κ3) is 3.87. The SMILES string of the molecule is CC(NCc1cc(Br)ccc1F)C(C)(C)C. The van der Waals surface area contributed by atoms with Gasteiger partial charge in [-0.15, -0.1) is 0 Å². The van der Waals surface area contributed by atoms with Crippen LogP contribution in [0.5, 0.6) is 0 Å². The molecule has 0 aromatic heterocycles. The number of rotatable bonds is 3. The topological polar surface area (TPSA) is 12.0 Å². The first-order valence-corrected chi connectivity index (χ1v) is 6.27. The van der Waals surface area contributed by atoms with Crippen LogP contribution < -0.4 is 5.32 Å². The van der Waals surface area contributed by atoms with Gasteiger partial charge in [0, 0.05) is 22.6 Å². The van der Waals surface area contributed by atoms with Gasteiger partial charge in [-0.25, -0.2) is 4.39 Å². The van der Waals surface area contributed by atoms with E-state index in [0.717, 1.165) is 4.47 Å². The Kier molecular flexibility index (Phi) is 4.51. The van der Waals surface area contributed by atoms with E-state index in [4.69, 9.17) is 0 Å². The smallest absolute Gasteiger partial charge is 0.127 e. The van der Waals surface area contributed by atoms with E-state index in [2.05, 4.69) is 48.9 Å². The van der Waals surface area contributed by atoms with Gasteiger partial charge in [-0.1, -0.05) is 36.7 Å². The molecule has 1 aromatic carbocycles. The number of hydrogen-bond donors (Lipinski definition) is 1. The van der Waals surface area contributed by atoms with Crippen molar-refractivity contribution < 1.29 is 4.39 Å². The third-order valence-electron chi connectivity index (χ3n) is 2.91. The highest BCUT2D eigenvalue weighted by molar-refractivity contribution is 9.10. The van der Waals surface area contributed by atoms with Crippen molar-refractivity contribution in [3.63, 3.8) is 0 Å². The molecule has 1 N–H and O–H groups in total. The van der Waals surface area contributed by atoms with Crippen molar-refractivity contribution in [3.05, 3.63) is 34.1 Å². The Hall–Kier alpha value is -0.410. The molecule has 0 radical (unpaired) electrons. The van der Waals surface area contributed by atoms with Crippen LogP contribution in [0.3, 0.4) is 0 Å². The molecule has 3 heteroatoms. The van der Waals surface area contributed by atoms with Gasteiger partial charge in [0.2, 0.25) is 0 Å². The molecule has 1 aromatic rings. The van der Waals surface area contributed by atoms with Gasteiger partial charge < -0.3 is 5.32 Å². The van der Waals surface area contributed by atoms with E-state index in [1.807, 2.05) is 6.07 Å². The Balaban J connectivity index is 2.64. The Morgan fingerprint density at radius 3 is 2.56 bits per heavy atom. The molecule has 1 nitrogen and oxygen atoms in total. The summed E-state index contributed by atoms with van der Waals surface area (Å²) in [4.78, 5) is 0. The zero-order valence-electron chi connectivity index (χ0n) is 10.3. The summed E-state index contributed by atoms with van der Waals surface area (Å²) in [6.07, 6.45) is 0. The van der Waals surface area contributed by atoms with Crippen LogP contribution in [-0.2, 0) is 6.54 Å². The summed E-state index contributed by atoms with van der Waals surface area (Å²) in [5, 5.41) is 3.35. The first-order chi connectivity index (χ1) is 7.30. The van der Waals surface area contributed by atoms with Crippen LogP contribution in [0.4, 0.5) is 4.39 Å². The van der Waals surface area contributed by atoms with E-state index in [1.54, 1.807) is 6.07 Å². The molecule has 0 aliphatic heterocycles. The van der Waals surface area contributed by atoms with Crippen LogP contribution in [-0.4, -0.2) is 6.04 Å². The van der Waals surface area contributed by atoms with Crippen molar-refractivity contribution >= 4 is 15.9 Å². The summed E-state index contributed by atoms with van der Waals surface area (Å²) in [6, 6.07) is 5.36. The fourth-order valence-electron chi connectivity index (χ4n) is 1.25. The van der Waals surface area contributed by atoms with Crippen molar-refractivity contribution in [2.75, 3.05) is 0 Å². The van der Waals surface area contributed by atoms with Crippen molar-refractivity contribution in [2.45, 2.75) is 40.3 Å². The number of hydrogen-bond acceptors (Lipinski definition) is 1. The van der Waals surface area contributed by atoms with Crippen molar-refractivity contribution in [3.8, 4) is 0 Å². The lowest BCUT2D eigenvalue weighted by molar-refractivity contribution is 0.284. The summed E-state index contributed by atoms with van der Waals surface area (Å²) in [6.45, 7) is 9.19. The second kappa shape index (κ2) is 5.28. The Labute approximate surface area is 106 Å². The molecule has 0 saturated heterocycles. The lowest BCUT2D eigenvalue weighted by atomic mass is 9.88. The molecular formula is C13H19BrFN. The van der Waals surface area contributed by atoms with Crippen LogP contribution in [0.2, 0.25) is 0 Å². The zero-order valence-corrected chi connectivity index (χ0v) is 11.9. The highest BCUT2D eigenvalue weighted by Crippen LogP contribution is 2.20. The van der Waals surface area contributed by atoms with Crippen molar-refractivity contribution in [1.29, 1.82) is 0 Å². The van der Waals surface area contributed by atoms with E-state index in [1.165, 1.54) is 6.07 Å². The second-order valence-electron chi connectivity index (χ2n) is 5.20. The van der Waals surface area contributed by atoms with Crippen LogP contribution in [0, 0.1) is 11.2 Å². The Bertz CT molecular complexity index is 357. The summed E-state index contributed by atoms with van der Waals surface area (Å²) in [5.41, 5.74) is 0.883. The van der Waals surface area contributed by atoms with E-state index in [0.29, 0.717) is 18.2 Å². The number of nitrogens with one attached hydrogen (secondary N) is 1. The first kappa shape index (κ1) is 13.7. The highest BCUT2D eigenvalue weighted by atomic mass is 79.9. The highest BCUT2D eigenvalue weighted by Gasteiger charge is 2.19. The molecule has 0 spiro atoms. The van der Waals surface area contributed by atoms with Crippen molar-refractivity contribution in [1.82, 2.24) is 5.32 Å². The van der Waals surface area contributed by atoms with Gasteiger partial charge in [0.05, 0.1) is 0 Å². The maximum atomic E-state index is 13.5. The Morgan fingerprint density at radius 1 is 1.38 bits per heavy atom. The molecule has 1 atom stereocenters. The molecular weight excluding hydrogens is 269 g/mol. The molecule has 0 saturated carbocycles. The average Bonchev–Trinajstić information content (AvgIpc) is 2.17. The van der Waals surface area contributed by atoms with Crippen LogP contribution in [0.1, 0.15) is 33.3 Å². The quantitative estimate of drug-likeness (QED) is 0.882. The largest absolute Gasteiger partial charge is 0.310 e. The predicted molar refractivity (Wildman–Crippen MR) is 69.9 cm³/mol. The second-order valence-corrected chi connectivity index (χ2v) is 6.12. The lowest BCUT2D eigenvalue weighted by Gasteiger charge is -2.28. The number of benzene rings is 1. The molecule has 0 aliphatic rings. The third-order valence-corrected chi connectivity index (χ3v) is 3.40. The lowest BCUT2D eigenvalue weighted by Crippen LogP contribution is -2.37. The van der Waals surface area contributed by atoms with Crippen LogP contribution in [0.15, 0.2) is 22.7 Å². The number of halogens is 2. The molecule has 0 heterocycles. The van der Waals surface area contributed by atoms with E-state index >= 15 is 0 Å². The standard InChI is InChI=1S/C13H19BrFN/c1-9(13(2,3)4)16-8-10-7-11(14)5-6-12(10)15/h5-7,9,16H,8H2,1-4H3. The summed E-state index contributed by atoms with van der Waals surface area (Å²) in [5.74, 6) is -0.156. The predicted octanol–water partition coefficient (Wildman–Crippen LogP) is 4.11. The molecule has 16 heavy (non-hydrogen) atoms. The van der Waals surface area contributed by atoms with Gasteiger partial charge in [-0.3, -0.25) is 0 Å². The minimum atomic E-state index is -0.156. The zero-order chi connectivity index (χ0) is 12.3. The van der Waals surface area contributed by atoms with E-state index in [-0.39, 0.29) is 11.2 Å². The molecule has 0 bridgehead atoms. The summed E-state index contributed by atoms with van der Waals surface area (Å²) >= 11 is 3.35. The molecule has 90 valence electrons. The van der Waals surface area contributed by atoms with Gasteiger partial charge in [-0.05, 0) is 30.5 Å². The van der Waals surface area contributed by atoms with Gasteiger partial charge in [-0.2, -0.15) is 0 Å². The van der Waals surface area contributed by atoms with Gasteiger partial charge >= 0.3 is 0 Å². The summed E-state index contributed by atoms with van der Waals surface area (Å²) in [7, 11) is 0. The minimum absolute atomic E-state index is 0.156. The van der Waals surface area contributed by atoms with Crippen molar-refractivity contribution in [2.24, 2.45) is 5.41 Å². The fourth-order valence-corrected chi connectivity index (χ4v) is 1.66. The van der Waals surface area contributed by atoms with Crippen LogP contribution >= 0.6 is 15.9 Å². The van der Waals surface area contributed by atoms with Gasteiger partial charge in [0.1, 0.15) is 5.82 Å². The Morgan fingerprint density at radius 2 is 2.00 bits per heavy atom. The first-order valence-electron chi connectivity index (χ1n) is 5.48. The van der Waals surface area contributed by atoms with Gasteiger partial charge in [0.25, 0.3) is 0 Å². The molecule has 1 rings (SSSR count). The minimum Gasteiger partial charge on any atom is -0.310 e. The normalized spacial score (nSPS) is 13.9. The molecule has 0 amide bonds. The molecule has 0 fully saturated rings. The van der Waals surface area contributed by atoms with Gasteiger partial charge in [0.15, 0.2) is 0 Å². The maximum Gasteiger partial charge on any atom is 0.127 e. The molecule has 0 aliphatic carbocycles. The monoisotopic (exact) mass is 287 g/mol. The maximum absolute atomic E-state index is 13.5. The van der Waals surface area contributed by atoms with E-state index in [9.17, 15) is 4.39 Å². The van der Waals surface area contributed by atoms with Crippen LogP contribution in [0.25, 0.3) is 0 Å². The summed E-state index contributed by atoms with van der Waals surface area (Å²) < 4.78 is 14.4. The van der Waals surface area contributed by atoms with E-state index < -0.39 is 0 Å². The molecule has 1 unspecified atom stereocenters. The average molecular weight is 288 g/mol.